The van der Waals surface area contributed by atoms with Crippen LogP contribution in [-0.4, -0.2) is 5.78 Å². The lowest BCUT2D eigenvalue weighted by atomic mass is 9.96. The van der Waals surface area contributed by atoms with Crippen molar-refractivity contribution in [3.05, 3.63) is 34.9 Å². The van der Waals surface area contributed by atoms with Gasteiger partial charge in [-0.1, -0.05) is 39.8 Å². The van der Waals surface area contributed by atoms with Crippen molar-refractivity contribution in [2.24, 2.45) is 5.92 Å². The summed E-state index contributed by atoms with van der Waals surface area (Å²) >= 11 is 0. The number of aryl methyl sites for hydroxylation is 2. The van der Waals surface area contributed by atoms with Crippen LogP contribution in [0.5, 0.6) is 0 Å². The molecule has 0 radical (unpaired) electrons. The van der Waals surface area contributed by atoms with Gasteiger partial charge in [0, 0.05) is 12.0 Å². The Morgan fingerprint density at radius 3 is 2.29 bits per heavy atom. The molecule has 17 heavy (non-hydrogen) atoms. The molecule has 0 saturated carbocycles. The highest BCUT2D eigenvalue weighted by atomic mass is 16.1. The number of ketones is 1. The van der Waals surface area contributed by atoms with Crippen LogP contribution in [0.2, 0.25) is 0 Å². The summed E-state index contributed by atoms with van der Waals surface area (Å²) in [6.45, 7) is 8.63. The van der Waals surface area contributed by atoms with Gasteiger partial charge in [-0.2, -0.15) is 0 Å². The van der Waals surface area contributed by atoms with Crippen LogP contribution in [0.1, 0.15) is 62.0 Å². The van der Waals surface area contributed by atoms with E-state index in [1.54, 1.807) is 0 Å². The van der Waals surface area contributed by atoms with Gasteiger partial charge in [0.1, 0.15) is 0 Å². The molecule has 1 rings (SSSR count). The number of benzene rings is 1. The third-order valence-electron chi connectivity index (χ3n) is 3.24. The molecule has 0 heterocycles. The second kappa shape index (κ2) is 6.58. The first-order valence-electron chi connectivity index (χ1n) is 6.73. The lowest BCUT2D eigenvalue weighted by Gasteiger charge is -2.09. The molecule has 0 unspecified atom stereocenters. The van der Waals surface area contributed by atoms with E-state index < -0.39 is 0 Å². The number of rotatable bonds is 6. The molecule has 0 bridgehead atoms. The first-order chi connectivity index (χ1) is 8.08. The molecule has 0 amide bonds. The Hall–Kier alpha value is -1.11. The molecule has 0 atom stereocenters. The minimum atomic E-state index is 0.288. The molecule has 0 aromatic heterocycles. The summed E-state index contributed by atoms with van der Waals surface area (Å²) in [6, 6.07) is 6.18. The zero-order valence-corrected chi connectivity index (χ0v) is 11.5. The fourth-order valence-electron chi connectivity index (χ4n) is 2.04. The average molecular weight is 232 g/mol. The number of carbonyl (C=O) groups is 1. The van der Waals surface area contributed by atoms with Gasteiger partial charge in [-0.25, -0.2) is 0 Å². The lowest BCUT2D eigenvalue weighted by Crippen LogP contribution is -2.03. The zero-order valence-electron chi connectivity index (χ0n) is 11.5. The number of Topliss-reactive ketones (excluding diaryl/α,β-unsaturated/α-hetero) is 1. The van der Waals surface area contributed by atoms with Crippen LogP contribution in [0.15, 0.2) is 18.2 Å². The van der Waals surface area contributed by atoms with Gasteiger partial charge in [0.15, 0.2) is 5.78 Å². The summed E-state index contributed by atoms with van der Waals surface area (Å²) in [5.41, 5.74) is 3.58. The van der Waals surface area contributed by atoms with Gasteiger partial charge < -0.3 is 0 Å². The van der Waals surface area contributed by atoms with Crippen LogP contribution in [0.3, 0.4) is 0 Å². The maximum absolute atomic E-state index is 12.0. The molecule has 1 aromatic carbocycles. The van der Waals surface area contributed by atoms with E-state index in [9.17, 15) is 4.79 Å². The Morgan fingerprint density at radius 1 is 1.12 bits per heavy atom. The largest absolute Gasteiger partial charge is 0.294 e. The van der Waals surface area contributed by atoms with E-state index in [0.717, 1.165) is 24.8 Å². The molecule has 0 spiro atoms. The van der Waals surface area contributed by atoms with Gasteiger partial charge in [-0.3, -0.25) is 4.79 Å². The molecule has 1 nitrogen and oxygen atoms in total. The Morgan fingerprint density at radius 2 is 1.76 bits per heavy atom. The molecule has 1 heteroatoms. The fraction of sp³-hybridized carbons (Fsp3) is 0.562. The van der Waals surface area contributed by atoms with E-state index in [4.69, 9.17) is 0 Å². The molecule has 1 aromatic rings. The van der Waals surface area contributed by atoms with E-state index >= 15 is 0 Å². The van der Waals surface area contributed by atoms with Crippen molar-refractivity contribution < 1.29 is 4.79 Å². The molecular weight excluding hydrogens is 208 g/mol. The quantitative estimate of drug-likeness (QED) is 0.663. The SMILES string of the molecule is CCc1ccc(C(=O)CCC(C)C)cc1CC. The normalized spacial score (nSPS) is 10.9. The van der Waals surface area contributed by atoms with Gasteiger partial charge >= 0.3 is 0 Å². The summed E-state index contributed by atoms with van der Waals surface area (Å²) in [6.07, 6.45) is 3.71. The highest BCUT2D eigenvalue weighted by Gasteiger charge is 2.09. The van der Waals surface area contributed by atoms with Crippen LogP contribution < -0.4 is 0 Å². The molecule has 0 N–H and O–H groups in total. The summed E-state index contributed by atoms with van der Waals surface area (Å²) in [5, 5.41) is 0. The van der Waals surface area contributed by atoms with Crippen molar-refractivity contribution in [2.45, 2.75) is 53.4 Å². The molecular formula is C16H24O. The fourth-order valence-corrected chi connectivity index (χ4v) is 2.04. The van der Waals surface area contributed by atoms with E-state index in [1.807, 2.05) is 6.07 Å². The third kappa shape index (κ3) is 3.99. The van der Waals surface area contributed by atoms with Gasteiger partial charge in [0.2, 0.25) is 0 Å². The van der Waals surface area contributed by atoms with Crippen molar-refractivity contribution in [1.82, 2.24) is 0 Å². The van der Waals surface area contributed by atoms with Crippen LogP contribution >= 0.6 is 0 Å². The van der Waals surface area contributed by atoms with Crippen molar-refractivity contribution in [3.63, 3.8) is 0 Å². The zero-order chi connectivity index (χ0) is 12.8. The number of carbonyl (C=O) groups excluding carboxylic acids is 1. The Bertz CT molecular complexity index is 377. The van der Waals surface area contributed by atoms with Crippen molar-refractivity contribution in [1.29, 1.82) is 0 Å². The molecule has 94 valence electrons. The summed E-state index contributed by atoms with van der Waals surface area (Å²) in [4.78, 5) is 12.0. The van der Waals surface area contributed by atoms with Crippen molar-refractivity contribution in [3.8, 4) is 0 Å². The maximum Gasteiger partial charge on any atom is 0.162 e. The standard InChI is InChI=1S/C16H24O/c1-5-13-8-9-15(11-14(13)6-2)16(17)10-7-12(3)4/h8-9,11-12H,5-7,10H2,1-4H3. The number of hydrogen-bond acceptors (Lipinski definition) is 1. The molecule has 0 fully saturated rings. The smallest absolute Gasteiger partial charge is 0.162 e. The highest BCUT2D eigenvalue weighted by Crippen LogP contribution is 2.16. The first kappa shape index (κ1) is 14.0. The van der Waals surface area contributed by atoms with Gasteiger partial charge in [-0.15, -0.1) is 0 Å². The molecule has 0 aliphatic heterocycles. The van der Waals surface area contributed by atoms with E-state index in [-0.39, 0.29) is 5.78 Å². The van der Waals surface area contributed by atoms with Crippen molar-refractivity contribution >= 4 is 5.78 Å². The number of hydrogen-bond donors (Lipinski definition) is 0. The minimum absolute atomic E-state index is 0.288. The molecule has 0 aliphatic rings. The minimum Gasteiger partial charge on any atom is -0.294 e. The van der Waals surface area contributed by atoms with Gasteiger partial charge in [0.05, 0.1) is 0 Å². The van der Waals surface area contributed by atoms with E-state index in [0.29, 0.717) is 12.3 Å². The van der Waals surface area contributed by atoms with Crippen molar-refractivity contribution in [2.75, 3.05) is 0 Å². The van der Waals surface area contributed by atoms with E-state index in [2.05, 4.69) is 39.8 Å². The second-order valence-corrected chi connectivity index (χ2v) is 5.05. The first-order valence-corrected chi connectivity index (χ1v) is 6.73. The Balaban J connectivity index is 2.81. The lowest BCUT2D eigenvalue weighted by molar-refractivity contribution is 0.0975. The van der Waals surface area contributed by atoms with E-state index in [1.165, 1.54) is 11.1 Å². The maximum atomic E-state index is 12.0. The average Bonchev–Trinajstić information content (AvgIpc) is 2.34. The topological polar surface area (TPSA) is 17.1 Å². The third-order valence-corrected chi connectivity index (χ3v) is 3.24. The van der Waals surface area contributed by atoms with Crippen LogP contribution in [-0.2, 0) is 12.8 Å². The van der Waals surface area contributed by atoms with Crippen LogP contribution in [0, 0.1) is 5.92 Å². The predicted octanol–water partition coefficient (Wildman–Crippen LogP) is 4.43. The summed E-state index contributed by atoms with van der Waals surface area (Å²) in [7, 11) is 0. The predicted molar refractivity (Wildman–Crippen MR) is 73.6 cm³/mol. The Labute approximate surface area is 105 Å². The summed E-state index contributed by atoms with van der Waals surface area (Å²) < 4.78 is 0. The van der Waals surface area contributed by atoms with Gasteiger partial charge in [-0.05, 0) is 42.4 Å². The summed E-state index contributed by atoms with van der Waals surface area (Å²) in [5.74, 6) is 0.885. The monoisotopic (exact) mass is 232 g/mol. The highest BCUT2D eigenvalue weighted by molar-refractivity contribution is 5.96. The molecule has 0 aliphatic carbocycles. The van der Waals surface area contributed by atoms with Crippen LogP contribution in [0.25, 0.3) is 0 Å². The second-order valence-electron chi connectivity index (χ2n) is 5.05. The Kier molecular flexibility index (Phi) is 5.40. The molecule has 0 saturated heterocycles. The van der Waals surface area contributed by atoms with Crippen LogP contribution in [0.4, 0.5) is 0 Å². The van der Waals surface area contributed by atoms with Gasteiger partial charge in [0.25, 0.3) is 0 Å².